The molecule has 0 aliphatic heterocycles. The average Bonchev–Trinajstić information content (AvgIpc) is 2.51. The number of halogens is 1. The van der Waals surface area contributed by atoms with E-state index in [4.69, 9.17) is 17.3 Å². The highest BCUT2D eigenvalue weighted by molar-refractivity contribution is 6.31. The number of likely N-dealkylation sites (N-methyl/N-ethyl adjacent to an activating group) is 1. The third-order valence-corrected chi connectivity index (χ3v) is 4.29. The predicted molar refractivity (Wildman–Crippen MR) is 90.5 cm³/mol. The van der Waals surface area contributed by atoms with Gasteiger partial charge in [-0.25, -0.2) is 0 Å². The first kappa shape index (κ1) is 16.0. The molecule has 1 atom stereocenters. The van der Waals surface area contributed by atoms with E-state index in [0.29, 0.717) is 6.54 Å². The fourth-order valence-electron chi connectivity index (χ4n) is 2.57. The summed E-state index contributed by atoms with van der Waals surface area (Å²) in [5.41, 5.74) is 9.63. The standard InChI is InChI=1S/C18H23ClN2/c1-3-21(13-15-7-5-4-6-8-15)18(12-20)16-10-9-14(2)17(19)11-16/h4-11,18H,3,12-13,20H2,1-2H3. The second-order valence-corrected chi connectivity index (χ2v) is 5.72. The van der Waals surface area contributed by atoms with Crippen molar-refractivity contribution in [3.8, 4) is 0 Å². The van der Waals surface area contributed by atoms with Crippen LogP contribution in [0.5, 0.6) is 0 Å². The van der Waals surface area contributed by atoms with Crippen LogP contribution in [0.3, 0.4) is 0 Å². The van der Waals surface area contributed by atoms with Gasteiger partial charge in [0.2, 0.25) is 0 Å². The second-order valence-electron chi connectivity index (χ2n) is 5.31. The first-order chi connectivity index (χ1) is 10.2. The highest BCUT2D eigenvalue weighted by Gasteiger charge is 2.18. The lowest BCUT2D eigenvalue weighted by molar-refractivity contribution is 0.203. The van der Waals surface area contributed by atoms with Crippen LogP contribution in [0.15, 0.2) is 48.5 Å². The monoisotopic (exact) mass is 302 g/mol. The number of rotatable bonds is 6. The first-order valence-corrected chi connectivity index (χ1v) is 7.77. The minimum absolute atomic E-state index is 0.188. The third kappa shape index (κ3) is 4.07. The molecular formula is C18H23ClN2. The zero-order valence-electron chi connectivity index (χ0n) is 12.7. The van der Waals surface area contributed by atoms with Gasteiger partial charge in [0, 0.05) is 24.2 Å². The molecule has 0 fully saturated rings. The molecule has 1 unspecified atom stereocenters. The van der Waals surface area contributed by atoms with E-state index in [1.807, 2.05) is 19.1 Å². The van der Waals surface area contributed by atoms with Gasteiger partial charge >= 0.3 is 0 Å². The molecule has 0 aliphatic rings. The maximum absolute atomic E-state index is 6.26. The molecule has 0 saturated heterocycles. The maximum Gasteiger partial charge on any atom is 0.0474 e. The molecule has 2 aromatic carbocycles. The molecule has 0 aliphatic carbocycles. The Morgan fingerprint density at radius 2 is 1.86 bits per heavy atom. The summed E-state index contributed by atoms with van der Waals surface area (Å²) < 4.78 is 0. The molecular weight excluding hydrogens is 280 g/mol. The van der Waals surface area contributed by atoms with E-state index in [1.54, 1.807) is 0 Å². The van der Waals surface area contributed by atoms with Crippen molar-refractivity contribution < 1.29 is 0 Å². The van der Waals surface area contributed by atoms with Crippen LogP contribution in [-0.2, 0) is 6.54 Å². The lowest BCUT2D eigenvalue weighted by Gasteiger charge is -2.30. The van der Waals surface area contributed by atoms with Gasteiger partial charge in [-0.05, 0) is 36.2 Å². The smallest absolute Gasteiger partial charge is 0.0474 e. The van der Waals surface area contributed by atoms with Crippen LogP contribution in [-0.4, -0.2) is 18.0 Å². The molecule has 3 heteroatoms. The first-order valence-electron chi connectivity index (χ1n) is 7.39. The van der Waals surface area contributed by atoms with E-state index >= 15 is 0 Å². The highest BCUT2D eigenvalue weighted by Crippen LogP contribution is 2.26. The van der Waals surface area contributed by atoms with Crippen LogP contribution < -0.4 is 5.73 Å². The van der Waals surface area contributed by atoms with Gasteiger partial charge < -0.3 is 5.73 Å². The molecule has 2 aromatic rings. The molecule has 0 heterocycles. The summed E-state index contributed by atoms with van der Waals surface area (Å²) >= 11 is 6.26. The van der Waals surface area contributed by atoms with Crippen molar-refractivity contribution in [3.63, 3.8) is 0 Å². The van der Waals surface area contributed by atoms with Gasteiger partial charge in [0.25, 0.3) is 0 Å². The van der Waals surface area contributed by atoms with Crippen molar-refractivity contribution >= 4 is 11.6 Å². The fraction of sp³-hybridized carbons (Fsp3) is 0.333. The van der Waals surface area contributed by atoms with Crippen molar-refractivity contribution in [1.29, 1.82) is 0 Å². The molecule has 2 rings (SSSR count). The average molecular weight is 303 g/mol. The van der Waals surface area contributed by atoms with E-state index in [0.717, 1.165) is 23.7 Å². The van der Waals surface area contributed by atoms with E-state index < -0.39 is 0 Å². The molecule has 0 spiro atoms. The number of hydrogen-bond acceptors (Lipinski definition) is 2. The van der Waals surface area contributed by atoms with Crippen LogP contribution in [0.25, 0.3) is 0 Å². The molecule has 0 radical (unpaired) electrons. The quantitative estimate of drug-likeness (QED) is 0.868. The number of hydrogen-bond donors (Lipinski definition) is 1. The van der Waals surface area contributed by atoms with Crippen LogP contribution in [0.1, 0.15) is 29.7 Å². The molecule has 0 saturated carbocycles. The summed E-state index contributed by atoms with van der Waals surface area (Å²) in [6.07, 6.45) is 0. The lowest BCUT2D eigenvalue weighted by atomic mass is 10.0. The van der Waals surface area contributed by atoms with Gasteiger partial charge in [-0.2, -0.15) is 0 Å². The van der Waals surface area contributed by atoms with Crippen molar-refractivity contribution in [2.75, 3.05) is 13.1 Å². The van der Waals surface area contributed by atoms with Crippen LogP contribution >= 0.6 is 11.6 Å². The van der Waals surface area contributed by atoms with Gasteiger partial charge in [0.15, 0.2) is 0 Å². The van der Waals surface area contributed by atoms with E-state index in [2.05, 4.69) is 48.2 Å². The molecule has 0 amide bonds. The molecule has 112 valence electrons. The normalized spacial score (nSPS) is 12.6. The Hall–Kier alpha value is -1.35. The zero-order valence-corrected chi connectivity index (χ0v) is 13.5. The molecule has 21 heavy (non-hydrogen) atoms. The van der Waals surface area contributed by atoms with Gasteiger partial charge in [0.05, 0.1) is 0 Å². The minimum Gasteiger partial charge on any atom is -0.329 e. The third-order valence-electron chi connectivity index (χ3n) is 3.88. The van der Waals surface area contributed by atoms with Crippen LogP contribution in [0.4, 0.5) is 0 Å². The number of aryl methyl sites for hydroxylation is 1. The van der Waals surface area contributed by atoms with Crippen molar-refractivity contribution in [2.45, 2.75) is 26.4 Å². The van der Waals surface area contributed by atoms with E-state index in [-0.39, 0.29) is 6.04 Å². The van der Waals surface area contributed by atoms with Gasteiger partial charge in [-0.15, -0.1) is 0 Å². The summed E-state index contributed by atoms with van der Waals surface area (Å²) in [5.74, 6) is 0. The summed E-state index contributed by atoms with van der Waals surface area (Å²) in [6, 6.07) is 16.9. The fourth-order valence-corrected chi connectivity index (χ4v) is 2.76. The summed E-state index contributed by atoms with van der Waals surface area (Å²) in [4.78, 5) is 2.39. The Labute approximate surface area is 132 Å². The van der Waals surface area contributed by atoms with E-state index in [1.165, 1.54) is 11.1 Å². The Balaban J connectivity index is 2.22. The van der Waals surface area contributed by atoms with Crippen LogP contribution in [0.2, 0.25) is 5.02 Å². The lowest BCUT2D eigenvalue weighted by Crippen LogP contribution is -2.33. The van der Waals surface area contributed by atoms with Gasteiger partial charge in [0.1, 0.15) is 0 Å². The molecule has 2 N–H and O–H groups in total. The Morgan fingerprint density at radius 3 is 2.43 bits per heavy atom. The zero-order chi connectivity index (χ0) is 15.2. The van der Waals surface area contributed by atoms with E-state index in [9.17, 15) is 0 Å². The molecule has 0 aromatic heterocycles. The summed E-state index contributed by atoms with van der Waals surface area (Å²) in [6.45, 7) is 6.61. The largest absolute Gasteiger partial charge is 0.329 e. The molecule has 2 nitrogen and oxygen atoms in total. The van der Waals surface area contributed by atoms with Crippen molar-refractivity contribution in [1.82, 2.24) is 4.90 Å². The second kappa shape index (κ2) is 7.60. The van der Waals surface area contributed by atoms with Crippen molar-refractivity contribution in [3.05, 3.63) is 70.2 Å². The Kier molecular flexibility index (Phi) is 5.80. The predicted octanol–water partition coefficient (Wildman–Crippen LogP) is 4.17. The SMILES string of the molecule is CCN(Cc1ccccc1)C(CN)c1ccc(C)c(Cl)c1. The van der Waals surface area contributed by atoms with Gasteiger partial charge in [-0.1, -0.05) is 61.0 Å². The van der Waals surface area contributed by atoms with Crippen LogP contribution in [0, 0.1) is 6.92 Å². The summed E-state index contributed by atoms with van der Waals surface area (Å²) in [7, 11) is 0. The number of nitrogens with two attached hydrogens (primary N) is 1. The topological polar surface area (TPSA) is 29.3 Å². The minimum atomic E-state index is 0.188. The Morgan fingerprint density at radius 1 is 1.14 bits per heavy atom. The van der Waals surface area contributed by atoms with Gasteiger partial charge in [-0.3, -0.25) is 4.90 Å². The maximum atomic E-state index is 6.26. The number of benzene rings is 2. The van der Waals surface area contributed by atoms with Crippen molar-refractivity contribution in [2.24, 2.45) is 5.73 Å². The Bertz CT molecular complexity index is 569. The number of nitrogens with zero attached hydrogens (tertiary/aromatic N) is 1. The molecule has 0 bridgehead atoms. The highest BCUT2D eigenvalue weighted by atomic mass is 35.5. The summed E-state index contributed by atoms with van der Waals surface area (Å²) in [5, 5.41) is 0.807.